The summed E-state index contributed by atoms with van der Waals surface area (Å²) in [6.07, 6.45) is 4.87. The second kappa shape index (κ2) is 3.99. The van der Waals surface area contributed by atoms with Gasteiger partial charge in [-0.2, -0.15) is 0 Å². The molecule has 0 aliphatic heterocycles. The van der Waals surface area contributed by atoms with E-state index in [1.54, 1.807) is 7.11 Å². The Morgan fingerprint density at radius 2 is 2.27 bits per heavy atom. The van der Waals surface area contributed by atoms with E-state index in [9.17, 15) is 4.79 Å². The molecule has 0 saturated heterocycles. The van der Waals surface area contributed by atoms with Gasteiger partial charge in [-0.3, -0.25) is 4.79 Å². The van der Waals surface area contributed by atoms with Crippen LogP contribution in [0.4, 0.5) is 0 Å². The van der Waals surface area contributed by atoms with Crippen LogP contribution in [0.1, 0.15) is 13.8 Å². The van der Waals surface area contributed by atoms with E-state index in [1.807, 2.05) is 19.8 Å². The van der Waals surface area contributed by atoms with E-state index in [2.05, 4.69) is 5.32 Å². The van der Waals surface area contributed by atoms with Gasteiger partial charge in [0.1, 0.15) is 0 Å². The summed E-state index contributed by atoms with van der Waals surface area (Å²) in [6.45, 7) is 4.12. The largest absolute Gasteiger partial charge is 0.382 e. The van der Waals surface area contributed by atoms with E-state index in [0.29, 0.717) is 6.61 Å². The summed E-state index contributed by atoms with van der Waals surface area (Å²) in [5.74, 6) is 1.56. The summed E-state index contributed by atoms with van der Waals surface area (Å²) >= 11 is 0. The molecule has 0 atom stereocenters. The van der Waals surface area contributed by atoms with Crippen LogP contribution in [0.25, 0.3) is 0 Å². The Labute approximate surface area is 67.1 Å². The Bertz CT molecular complexity index is 179. The topological polar surface area (TPSA) is 38.3 Å². The van der Waals surface area contributed by atoms with Crippen LogP contribution in [0, 0.1) is 12.3 Å². The highest BCUT2D eigenvalue weighted by molar-refractivity contribution is 5.93. The molecule has 0 aliphatic carbocycles. The molecule has 1 amide bonds. The van der Waals surface area contributed by atoms with E-state index in [0.717, 1.165) is 0 Å². The maximum atomic E-state index is 10.7. The van der Waals surface area contributed by atoms with Gasteiger partial charge in [0.25, 0.3) is 5.91 Å². The second-order valence-electron chi connectivity index (χ2n) is 2.92. The lowest BCUT2D eigenvalue weighted by Crippen LogP contribution is -2.46. The molecule has 3 heteroatoms. The Kier molecular flexibility index (Phi) is 3.63. The molecule has 1 N–H and O–H groups in total. The highest BCUT2D eigenvalue weighted by atomic mass is 16.5. The molecule has 0 unspecified atom stereocenters. The van der Waals surface area contributed by atoms with E-state index >= 15 is 0 Å². The van der Waals surface area contributed by atoms with Gasteiger partial charge in [-0.25, -0.2) is 0 Å². The van der Waals surface area contributed by atoms with Gasteiger partial charge >= 0.3 is 0 Å². The highest BCUT2D eigenvalue weighted by Crippen LogP contribution is 2.00. The quantitative estimate of drug-likeness (QED) is 0.590. The number of hydrogen-bond donors (Lipinski definition) is 1. The molecular weight excluding hydrogens is 142 g/mol. The predicted octanol–water partition coefficient (Wildman–Crippen LogP) is 0.161. The van der Waals surface area contributed by atoms with Gasteiger partial charge in [0, 0.05) is 7.11 Å². The van der Waals surface area contributed by atoms with Crippen molar-refractivity contribution in [1.82, 2.24) is 5.32 Å². The standard InChI is InChI=1S/C8H13NO2/c1-5-7(10)9-8(2,3)6-11-4/h1H,6H2,2-4H3,(H,9,10). The lowest BCUT2D eigenvalue weighted by molar-refractivity contribution is -0.117. The van der Waals surface area contributed by atoms with Gasteiger partial charge in [-0.05, 0) is 19.8 Å². The lowest BCUT2D eigenvalue weighted by Gasteiger charge is -2.23. The minimum Gasteiger partial charge on any atom is -0.382 e. The molecule has 0 saturated carbocycles. The summed E-state index contributed by atoms with van der Waals surface area (Å²) < 4.78 is 4.87. The van der Waals surface area contributed by atoms with Crippen LogP contribution in [-0.2, 0) is 9.53 Å². The first kappa shape index (κ1) is 9.99. The predicted molar refractivity (Wildman–Crippen MR) is 42.9 cm³/mol. The average Bonchev–Trinajstić information content (AvgIpc) is 1.86. The third kappa shape index (κ3) is 4.40. The van der Waals surface area contributed by atoms with Crippen LogP contribution in [0.15, 0.2) is 0 Å². The fraction of sp³-hybridized carbons (Fsp3) is 0.625. The van der Waals surface area contributed by atoms with Crippen molar-refractivity contribution in [2.24, 2.45) is 0 Å². The summed E-state index contributed by atoms with van der Waals surface area (Å²) in [5.41, 5.74) is -0.391. The molecule has 0 aromatic rings. The van der Waals surface area contributed by atoms with Crippen molar-refractivity contribution in [3.8, 4) is 12.3 Å². The first-order valence-corrected chi connectivity index (χ1v) is 3.29. The number of terminal acetylenes is 1. The van der Waals surface area contributed by atoms with Crippen molar-refractivity contribution in [2.45, 2.75) is 19.4 Å². The third-order valence-electron chi connectivity index (χ3n) is 1.09. The molecule has 0 radical (unpaired) electrons. The van der Waals surface area contributed by atoms with Crippen LogP contribution >= 0.6 is 0 Å². The minimum absolute atomic E-state index is 0.391. The number of amides is 1. The molecular formula is C8H13NO2. The van der Waals surface area contributed by atoms with Gasteiger partial charge in [-0.1, -0.05) is 0 Å². The fourth-order valence-corrected chi connectivity index (χ4v) is 0.740. The minimum atomic E-state index is -0.410. The number of rotatable bonds is 3. The zero-order valence-electron chi connectivity index (χ0n) is 7.10. The first-order valence-electron chi connectivity index (χ1n) is 3.29. The summed E-state index contributed by atoms with van der Waals surface area (Å²) in [4.78, 5) is 10.7. The Hall–Kier alpha value is -1.01. The van der Waals surface area contributed by atoms with Gasteiger partial charge in [-0.15, -0.1) is 6.42 Å². The number of nitrogens with one attached hydrogen (secondary N) is 1. The maximum Gasteiger partial charge on any atom is 0.296 e. The third-order valence-corrected chi connectivity index (χ3v) is 1.09. The van der Waals surface area contributed by atoms with Crippen molar-refractivity contribution in [1.29, 1.82) is 0 Å². The van der Waals surface area contributed by atoms with Crippen LogP contribution in [0.2, 0.25) is 0 Å². The smallest absolute Gasteiger partial charge is 0.296 e. The molecule has 0 rings (SSSR count). The zero-order valence-corrected chi connectivity index (χ0v) is 7.10. The van der Waals surface area contributed by atoms with Crippen molar-refractivity contribution < 1.29 is 9.53 Å². The van der Waals surface area contributed by atoms with Gasteiger partial charge in [0.2, 0.25) is 0 Å². The molecule has 0 aromatic carbocycles. The molecule has 0 heterocycles. The van der Waals surface area contributed by atoms with E-state index < -0.39 is 11.4 Å². The van der Waals surface area contributed by atoms with Crippen molar-refractivity contribution in [2.75, 3.05) is 13.7 Å². The molecule has 11 heavy (non-hydrogen) atoms. The van der Waals surface area contributed by atoms with Crippen LogP contribution in [0.3, 0.4) is 0 Å². The molecule has 62 valence electrons. The number of carbonyl (C=O) groups is 1. The Balaban J connectivity index is 3.92. The molecule has 3 nitrogen and oxygen atoms in total. The molecule has 0 fully saturated rings. The van der Waals surface area contributed by atoms with Gasteiger partial charge < -0.3 is 10.1 Å². The molecule has 0 spiro atoms. The molecule has 0 bridgehead atoms. The van der Waals surface area contributed by atoms with E-state index in [-0.39, 0.29) is 0 Å². The van der Waals surface area contributed by atoms with Gasteiger partial charge in [0.05, 0.1) is 12.1 Å². The molecule has 0 aromatic heterocycles. The average molecular weight is 155 g/mol. The lowest BCUT2D eigenvalue weighted by atomic mass is 10.1. The van der Waals surface area contributed by atoms with Crippen LogP contribution < -0.4 is 5.32 Å². The summed E-state index contributed by atoms with van der Waals surface area (Å²) in [7, 11) is 1.57. The zero-order chi connectivity index (χ0) is 8.91. The first-order chi connectivity index (χ1) is 5.02. The Morgan fingerprint density at radius 1 is 1.73 bits per heavy atom. The number of hydrogen-bond acceptors (Lipinski definition) is 2. The van der Waals surface area contributed by atoms with Gasteiger partial charge in [0.15, 0.2) is 0 Å². The van der Waals surface area contributed by atoms with E-state index in [1.165, 1.54) is 0 Å². The van der Waals surface area contributed by atoms with E-state index in [4.69, 9.17) is 11.2 Å². The normalized spacial score (nSPS) is 10.4. The SMILES string of the molecule is C#CC(=O)NC(C)(C)COC. The molecule has 0 aliphatic rings. The van der Waals surface area contributed by atoms with Crippen molar-refractivity contribution in [3.05, 3.63) is 0 Å². The highest BCUT2D eigenvalue weighted by Gasteiger charge is 2.18. The number of ether oxygens (including phenoxy) is 1. The summed E-state index contributed by atoms with van der Waals surface area (Å²) in [5, 5.41) is 2.61. The number of methoxy groups -OCH3 is 1. The van der Waals surface area contributed by atoms with Crippen molar-refractivity contribution >= 4 is 5.91 Å². The Morgan fingerprint density at radius 3 is 2.64 bits per heavy atom. The fourth-order valence-electron chi connectivity index (χ4n) is 0.740. The van der Waals surface area contributed by atoms with Crippen LogP contribution in [0.5, 0.6) is 0 Å². The summed E-state index contributed by atoms with van der Waals surface area (Å²) in [6, 6.07) is 0. The second-order valence-corrected chi connectivity index (χ2v) is 2.92. The van der Waals surface area contributed by atoms with Crippen LogP contribution in [-0.4, -0.2) is 25.2 Å². The number of carbonyl (C=O) groups excluding carboxylic acids is 1. The monoisotopic (exact) mass is 155 g/mol. The van der Waals surface area contributed by atoms with Crippen molar-refractivity contribution in [3.63, 3.8) is 0 Å². The maximum absolute atomic E-state index is 10.7.